The number of aromatic nitrogens is 4. The van der Waals surface area contributed by atoms with Crippen molar-refractivity contribution in [1.29, 1.82) is 0 Å². The SMILES string of the molecule is CN=C(SC)N1CCC[C@@H]1c1nnn(-c2cccc(Cl)c2)n1. The number of thioether (sulfide) groups is 1. The van der Waals surface area contributed by atoms with Gasteiger partial charge in [0.1, 0.15) is 0 Å². The van der Waals surface area contributed by atoms with E-state index in [1.165, 1.54) is 4.80 Å². The summed E-state index contributed by atoms with van der Waals surface area (Å²) >= 11 is 7.66. The summed E-state index contributed by atoms with van der Waals surface area (Å²) in [7, 11) is 1.82. The van der Waals surface area contributed by atoms with E-state index in [0.717, 1.165) is 36.1 Å². The monoisotopic (exact) mass is 336 g/mol. The molecule has 8 heteroatoms. The second-order valence-electron chi connectivity index (χ2n) is 4.98. The van der Waals surface area contributed by atoms with E-state index >= 15 is 0 Å². The molecular formula is C14H17ClN6S. The Balaban J connectivity index is 1.87. The Morgan fingerprint density at radius 1 is 1.45 bits per heavy atom. The minimum absolute atomic E-state index is 0.138. The number of aliphatic imine (C=N–C) groups is 1. The van der Waals surface area contributed by atoms with Crippen molar-refractivity contribution in [1.82, 2.24) is 25.1 Å². The van der Waals surface area contributed by atoms with E-state index in [2.05, 4.69) is 25.3 Å². The number of halogens is 1. The van der Waals surface area contributed by atoms with E-state index in [4.69, 9.17) is 11.6 Å². The van der Waals surface area contributed by atoms with Gasteiger partial charge in [-0.2, -0.15) is 0 Å². The Bertz CT molecular complexity index is 685. The normalized spacial score (nSPS) is 19.0. The molecule has 2 aromatic rings. The van der Waals surface area contributed by atoms with Gasteiger partial charge >= 0.3 is 0 Å². The van der Waals surface area contributed by atoms with Crippen LogP contribution in [0.1, 0.15) is 24.7 Å². The number of nitrogens with zero attached hydrogens (tertiary/aromatic N) is 6. The van der Waals surface area contributed by atoms with Crippen molar-refractivity contribution in [3.8, 4) is 5.69 Å². The van der Waals surface area contributed by atoms with Crippen LogP contribution < -0.4 is 0 Å². The summed E-state index contributed by atoms with van der Waals surface area (Å²) in [4.78, 5) is 8.13. The minimum atomic E-state index is 0.138. The van der Waals surface area contributed by atoms with E-state index in [-0.39, 0.29) is 6.04 Å². The lowest BCUT2D eigenvalue weighted by atomic mass is 10.2. The van der Waals surface area contributed by atoms with Crippen molar-refractivity contribution in [2.24, 2.45) is 4.99 Å². The number of likely N-dealkylation sites (tertiary alicyclic amines) is 1. The molecule has 22 heavy (non-hydrogen) atoms. The van der Waals surface area contributed by atoms with Crippen LogP contribution in [0.25, 0.3) is 5.69 Å². The second kappa shape index (κ2) is 6.66. The Kier molecular flexibility index (Phi) is 4.63. The molecule has 0 unspecified atom stereocenters. The summed E-state index contributed by atoms with van der Waals surface area (Å²) < 4.78 is 0. The second-order valence-corrected chi connectivity index (χ2v) is 6.19. The van der Waals surface area contributed by atoms with Crippen LogP contribution in [-0.4, -0.2) is 50.1 Å². The van der Waals surface area contributed by atoms with E-state index in [9.17, 15) is 0 Å². The summed E-state index contributed by atoms with van der Waals surface area (Å²) in [6.45, 7) is 0.976. The quantitative estimate of drug-likeness (QED) is 0.623. The molecule has 0 spiro atoms. The third-order valence-corrected chi connectivity index (χ3v) is 4.66. The fourth-order valence-electron chi connectivity index (χ4n) is 2.67. The number of hydrogen-bond donors (Lipinski definition) is 0. The van der Waals surface area contributed by atoms with Crippen molar-refractivity contribution in [2.45, 2.75) is 18.9 Å². The zero-order chi connectivity index (χ0) is 15.5. The first-order chi connectivity index (χ1) is 10.7. The Hall–Kier alpha value is -1.60. The van der Waals surface area contributed by atoms with Gasteiger partial charge in [-0.1, -0.05) is 29.4 Å². The molecular weight excluding hydrogens is 320 g/mol. The first-order valence-electron chi connectivity index (χ1n) is 7.06. The molecule has 0 bridgehead atoms. The van der Waals surface area contributed by atoms with Gasteiger partial charge < -0.3 is 4.90 Å². The van der Waals surface area contributed by atoms with Gasteiger partial charge in [0.25, 0.3) is 0 Å². The first-order valence-corrected chi connectivity index (χ1v) is 8.66. The van der Waals surface area contributed by atoms with Gasteiger partial charge in [0.05, 0.1) is 11.7 Å². The predicted molar refractivity (Wildman–Crippen MR) is 89.7 cm³/mol. The lowest BCUT2D eigenvalue weighted by Crippen LogP contribution is -2.29. The average Bonchev–Trinajstić information content (AvgIpc) is 3.17. The van der Waals surface area contributed by atoms with Crippen LogP contribution >= 0.6 is 23.4 Å². The molecule has 1 aromatic heterocycles. The number of tetrazole rings is 1. The van der Waals surface area contributed by atoms with E-state index < -0.39 is 0 Å². The maximum absolute atomic E-state index is 6.01. The maximum Gasteiger partial charge on any atom is 0.197 e. The predicted octanol–water partition coefficient (Wildman–Crippen LogP) is 2.80. The highest BCUT2D eigenvalue weighted by Gasteiger charge is 2.31. The number of benzene rings is 1. The van der Waals surface area contributed by atoms with Gasteiger partial charge in [0.2, 0.25) is 0 Å². The summed E-state index contributed by atoms with van der Waals surface area (Å²) in [6, 6.07) is 7.56. The summed E-state index contributed by atoms with van der Waals surface area (Å²) in [5.74, 6) is 0.729. The molecule has 0 saturated carbocycles. The number of rotatable bonds is 2. The van der Waals surface area contributed by atoms with Gasteiger partial charge in [-0.05, 0) is 42.5 Å². The van der Waals surface area contributed by atoms with Crippen molar-refractivity contribution >= 4 is 28.5 Å². The van der Waals surface area contributed by atoms with Crippen LogP contribution in [0.4, 0.5) is 0 Å². The number of hydrogen-bond acceptors (Lipinski definition) is 5. The molecule has 0 radical (unpaired) electrons. The van der Waals surface area contributed by atoms with Gasteiger partial charge in [-0.25, -0.2) is 0 Å². The highest BCUT2D eigenvalue weighted by atomic mass is 35.5. The molecule has 3 rings (SSSR count). The Morgan fingerprint density at radius 2 is 2.32 bits per heavy atom. The fourth-order valence-corrected chi connectivity index (χ4v) is 3.49. The average molecular weight is 337 g/mol. The molecule has 0 N–H and O–H groups in total. The minimum Gasteiger partial charge on any atom is -0.341 e. The zero-order valence-corrected chi connectivity index (χ0v) is 14.0. The van der Waals surface area contributed by atoms with Crippen molar-refractivity contribution in [3.05, 3.63) is 35.1 Å². The van der Waals surface area contributed by atoms with E-state index in [1.54, 1.807) is 11.8 Å². The van der Waals surface area contributed by atoms with Gasteiger partial charge in [-0.3, -0.25) is 4.99 Å². The third kappa shape index (κ3) is 2.96. The molecule has 1 atom stereocenters. The summed E-state index contributed by atoms with van der Waals surface area (Å²) in [6.07, 6.45) is 4.16. The van der Waals surface area contributed by atoms with Crippen LogP contribution in [0, 0.1) is 0 Å². The van der Waals surface area contributed by atoms with Crippen LogP contribution in [0.3, 0.4) is 0 Å². The lowest BCUT2D eigenvalue weighted by molar-refractivity contribution is 0.390. The fraction of sp³-hybridized carbons (Fsp3) is 0.429. The summed E-state index contributed by atoms with van der Waals surface area (Å²) in [5, 5.41) is 14.6. The third-order valence-electron chi connectivity index (χ3n) is 3.64. The maximum atomic E-state index is 6.01. The van der Waals surface area contributed by atoms with Crippen LogP contribution in [0.2, 0.25) is 5.02 Å². The standard InChI is InChI=1S/C14H17ClN6S/c1-16-14(22-2)20-8-4-7-12(20)13-17-19-21(18-13)11-6-3-5-10(15)9-11/h3,5-6,9,12H,4,7-8H2,1-2H3/t12-/m1/s1. The Morgan fingerprint density at radius 3 is 3.05 bits per heavy atom. The lowest BCUT2D eigenvalue weighted by Gasteiger charge is -2.24. The van der Waals surface area contributed by atoms with Gasteiger partial charge in [0, 0.05) is 18.6 Å². The molecule has 2 heterocycles. The van der Waals surface area contributed by atoms with Crippen LogP contribution in [-0.2, 0) is 0 Å². The molecule has 1 fully saturated rings. The van der Waals surface area contributed by atoms with Crippen molar-refractivity contribution < 1.29 is 0 Å². The molecule has 0 amide bonds. The van der Waals surface area contributed by atoms with Crippen molar-refractivity contribution in [3.63, 3.8) is 0 Å². The van der Waals surface area contributed by atoms with E-state index in [0.29, 0.717) is 5.02 Å². The van der Waals surface area contributed by atoms with Crippen molar-refractivity contribution in [2.75, 3.05) is 19.8 Å². The topological polar surface area (TPSA) is 59.2 Å². The van der Waals surface area contributed by atoms with Crippen LogP contribution in [0.5, 0.6) is 0 Å². The molecule has 1 aliphatic rings. The summed E-state index contributed by atoms with van der Waals surface area (Å²) in [5.41, 5.74) is 0.810. The zero-order valence-electron chi connectivity index (χ0n) is 12.5. The molecule has 1 aromatic carbocycles. The largest absolute Gasteiger partial charge is 0.341 e. The highest BCUT2D eigenvalue weighted by Crippen LogP contribution is 2.31. The molecule has 0 aliphatic carbocycles. The molecule has 116 valence electrons. The highest BCUT2D eigenvalue weighted by molar-refractivity contribution is 8.13. The van der Waals surface area contributed by atoms with Gasteiger partial charge in [0.15, 0.2) is 11.0 Å². The van der Waals surface area contributed by atoms with Gasteiger partial charge in [-0.15, -0.1) is 15.0 Å². The molecule has 1 aliphatic heterocycles. The molecule has 6 nitrogen and oxygen atoms in total. The van der Waals surface area contributed by atoms with E-state index in [1.807, 2.05) is 37.6 Å². The van der Waals surface area contributed by atoms with Crippen LogP contribution in [0.15, 0.2) is 29.3 Å². The number of amidine groups is 1. The Labute approximate surface area is 138 Å². The molecule has 1 saturated heterocycles. The first kappa shape index (κ1) is 15.3. The smallest absolute Gasteiger partial charge is 0.197 e.